The minimum Gasteiger partial charge on any atom is -0.394 e. The van der Waals surface area contributed by atoms with Gasteiger partial charge in [-0.05, 0) is 6.92 Å². The fraction of sp³-hybridized carbons (Fsp3) is 1.00. The molecule has 0 fully saturated rings. The molecule has 74 valence electrons. The number of aliphatic hydroxyl groups excluding tert-OH is 4. The Morgan fingerprint density at radius 2 is 1.75 bits per heavy atom. The molecule has 0 aliphatic rings. The molecule has 1 unspecified atom stereocenters. The van der Waals surface area contributed by atoms with Gasteiger partial charge in [0.1, 0.15) is 11.7 Å². The fourth-order valence-corrected chi connectivity index (χ4v) is 0.902. The first-order valence-electron chi connectivity index (χ1n) is 3.81. The lowest BCUT2D eigenvalue weighted by molar-refractivity contribution is -0.175. The predicted molar refractivity (Wildman–Crippen MR) is 41.6 cm³/mol. The van der Waals surface area contributed by atoms with Gasteiger partial charge in [-0.15, -0.1) is 0 Å². The van der Waals surface area contributed by atoms with Crippen molar-refractivity contribution < 1.29 is 25.2 Å². The second-order valence-electron chi connectivity index (χ2n) is 2.51. The zero-order chi connectivity index (χ0) is 9.61. The van der Waals surface area contributed by atoms with E-state index in [1.807, 2.05) is 0 Å². The Bertz CT molecular complexity index is 112. The van der Waals surface area contributed by atoms with Crippen molar-refractivity contribution in [3.05, 3.63) is 0 Å². The van der Waals surface area contributed by atoms with Crippen LogP contribution in [0.1, 0.15) is 6.92 Å². The summed E-state index contributed by atoms with van der Waals surface area (Å²) < 4.78 is 4.97. The first-order chi connectivity index (χ1) is 5.66. The van der Waals surface area contributed by atoms with Gasteiger partial charge >= 0.3 is 0 Å². The lowest BCUT2D eigenvalue weighted by Gasteiger charge is -2.33. The molecule has 0 aliphatic heterocycles. The summed E-state index contributed by atoms with van der Waals surface area (Å²) in [7, 11) is 0. The Balaban J connectivity index is 4.33. The van der Waals surface area contributed by atoms with E-state index in [4.69, 9.17) is 20.1 Å². The molecule has 0 heterocycles. The van der Waals surface area contributed by atoms with Crippen LogP contribution >= 0.6 is 0 Å². The van der Waals surface area contributed by atoms with Gasteiger partial charge in [-0.25, -0.2) is 0 Å². The summed E-state index contributed by atoms with van der Waals surface area (Å²) in [6.07, 6.45) is -1.27. The highest BCUT2D eigenvalue weighted by Crippen LogP contribution is 2.14. The normalized spacial score (nSPS) is 14.8. The van der Waals surface area contributed by atoms with E-state index in [-0.39, 0.29) is 6.61 Å². The summed E-state index contributed by atoms with van der Waals surface area (Å²) in [6.45, 7) is 0.307. The van der Waals surface area contributed by atoms with Gasteiger partial charge in [0, 0.05) is 6.61 Å². The third-order valence-corrected chi connectivity index (χ3v) is 1.75. The number of hydrogen-bond acceptors (Lipinski definition) is 5. The summed E-state index contributed by atoms with van der Waals surface area (Å²) in [5.41, 5.74) is -1.44. The predicted octanol–water partition coefficient (Wildman–Crippen LogP) is -1.90. The molecule has 0 saturated carbocycles. The summed E-state index contributed by atoms with van der Waals surface area (Å²) in [4.78, 5) is 0. The van der Waals surface area contributed by atoms with Gasteiger partial charge in [0.05, 0.1) is 19.8 Å². The maximum Gasteiger partial charge on any atom is 0.142 e. The highest BCUT2D eigenvalue weighted by molar-refractivity contribution is 4.87. The summed E-state index contributed by atoms with van der Waals surface area (Å²) in [6, 6.07) is 0. The minimum atomic E-state index is -1.44. The lowest BCUT2D eigenvalue weighted by atomic mass is 9.99. The zero-order valence-corrected chi connectivity index (χ0v) is 7.10. The molecule has 0 spiro atoms. The minimum absolute atomic E-state index is 0.248. The molecule has 5 nitrogen and oxygen atoms in total. The summed E-state index contributed by atoms with van der Waals surface area (Å²) in [5, 5.41) is 35.5. The smallest absolute Gasteiger partial charge is 0.142 e. The zero-order valence-electron chi connectivity index (χ0n) is 7.10. The van der Waals surface area contributed by atoms with E-state index in [9.17, 15) is 5.11 Å². The van der Waals surface area contributed by atoms with Crippen molar-refractivity contribution in [1.82, 2.24) is 0 Å². The molecule has 12 heavy (non-hydrogen) atoms. The van der Waals surface area contributed by atoms with Crippen LogP contribution in [0.5, 0.6) is 0 Å². The van der Waals surface area contributed by atoms with Crippen LogP contribution < -0.4 is 0 Å². The van der Waals surface area contributed by atoms with Gasteiger partial charge in [0.2, 0.25) is 0 Å². The van der Waals surface area contributed by atoms with E-state index in [1.165, 1.54) is 0 Å². The molecule has 0 rings (SSSR count). The number of rotatable bonds is 6. The average Bonchev–Trinajstić information content (AvgIpc) is 2.13. The SMILES string of the molecule is CCOC(CO)(CO)C(O)CO. The van der Waals surface area contributed by atoms with Crippen LogP contribution in [0.4, 0.5) is 0 Å². The second-order valence-corrected chi connectivity index (χ2v) is 2.51. The molecule has 0 aromatic rings. The summed E-state index contributed by atoms with van der Waals surface area (Å²) in [5.74, 6) is 0. The molecule has 0 aromatic carbocycles. The van der Waals surface area contributed by atoms with Crippen LogP contribution in [0.15, 0.2) is 0 Å². The maximum atomic E-state index is 9.20. The van der Waals surface area contributed by atoms with E-state index >= 15 is 0 Å². The molecule has 1 atom stereocenters. The van der Waals surface area contributed by atoms with Crippen LogP contribution in [-0.4, -0.2) is 58.6 Å². The van der Waals surface area contributed by atoms with Crippen molar-refractivity contribution in [3.8, 4) is 0 Å². The van der Waals surface area contributed by atoms with Gasteiger partial charge < -0.3 is 25.2 Å². The molecule has 0 radical (unpaired) electrons. The molecule has 0 bridgehead atoms. The molecular weight excluding hydrogens is 164 g/mol. The molecule has 4 N–H and O–H groups in total. The van der Waals surface area contributed by atoms with Crippen molar-refractivity contribution in [2.45, 2.75) is 18.6 Å². The van der Waals surface area contributed by atoms with E-state index in [0.29, 0.717) is 0 Å². The van der Waals surface area contributed by atoms with Gasteiger partial charge in [-0.1, -0.05) is 0 Å². The van der Waals surface area contributed by atoms with Gasteiger partial charge in [0.25, 0.3) is 0 Å². The van der Waals surface area contributed by atoms with Gasteiger partial charge in [0.15, 0.2) is 0 Å². The first-order valence-corrected chi connectivity index (χ1v) is 3.81. The van der Waals surface area contributed by atoms with E-state index in [2.05, 4.69) is 0 Å². The average molecular weight is 180 g/mol. The van der Waals surface area contributed by atoms with Crippen molar-refractivity contribution in [1.29, 1.82) is 0 Å². The third kappa shape index (κ3) is 2.40. The Morgan fingerprint density at radius 1 is 1.25 bits per heavy atom. The van der Waals surface area contributed by atoms with E-state index < -0.39 is 31.5 Å². The molecule has 0 aliphatic carbocycles. The second kappa shape index (κ2) is 5.45. The Morgan fingerprint density at radius 3 is 2.00 bits per heavy atom. The summed E-state index contributed by atoms with van der Waals surface area (Å²) >= 11 is 0. The van der Waals surface area contributed by atoms with Crippen molar-refractivity contribution in [3.63, 3.8) is 0 Å². The monoisotopic (exact) mass is 180 g/mol. The molecule has 5 heteroatoms. The fourth-order valence-electron chi connectivity index (χ4n) is 0.902. The number of aliphatic hydroxyl groups is 4. The van der Waals surface area contributed by atoms with Crippen LogP contribution in [0.3, 0.4) is 0 Å². The van der Waals surface area contributed by atoms with Crippen LogP contribution in [0, 0.1) is 0 Å². The largest absolute Gasteiger partial charge is 0.394 e. The van der Waals surface area contributed by atoms with Gasteiger partial charge in [-0.3, -0.25) is 0 Å². The van der Waals surface area contributed by atoms with Crippen LogP contribution in [0.2, 0.25) is 0 Å². The van der Waals surface area contributed by atoms with E-state index in [1.54, 1.807) is 6.92 Å². The topological polar surface area (TPSA) is 90.2 Å². The Hall–Kier alpha value is -0.200. The van der Waals surface area contributed by atoms with Gasteiger partial charge in [-0.2, -0.15) is 0 Å². The number of ether oxygens (including phenoxy) is 1. The lowest BCUT2D eigenvalue weighted by Crippen LogP contribution is -2.53. The Labute approximate surface area is 71.2 Å². The van der Waals surface area contributed by atoms with Crippen molar-refractivity contribution >= 4 is 0 Å². The van der Waals surface area contributed by atoms with Crippen molar-refractivity contribution in [2.75, 3.05) is 26.4 Å². The van der Waals surface area contributed by atoms with Crippen LogP contribution in [0.25, 0.3) is 0 Å². The standard InChI is InChI=1S/C7H16O5/c1-2-12-7(4-9,5-10)6(11)3-8/h6,8-11H,2-5H2,1H3. The molecule has 0 amide bonds. The van der Waals surface area contributed by atoms with Crippen LogP contribution in [-0.2, 0) is 4.74 Å². The highest BCUT2D eigenvalue weighted by atomic mass is 16.5. The maximum absolute atomic E-state index is 9.20. The molecule has 0 aromatic heterocycles. The molecule has 0 saturated heterocycles. The van der Waals surface area contributed by atoms with Crippen molar-refractivity contribution in [2.24, 2.45) is 0 Å². The van der Waals surface area contributed by atoms with E-state index in [0.717, 1.165) is 0 Å². The third-order valence-electron chi connectivity index (χ3n) is 1.75. The number of hydrogen-bond donors (Lipinski definition) is 4. The Kier molecular flexibility index (Phi) is 5.36. The highest BCUT2D eigenvalue weighted by Gasteiger charge is 2.37. The first kappa shape index (κ1) is 11.8. The quantitative estimate of drug-likeness (QED) is 0.383. The molecular formula is C7H16O5.